The van der Waals surface area contributed by atoms with E-state index in [9.17, 15) is 9.59 Å². The Hall–Kier alpha value is -2.24. The second-order valence-electron chi connectivity index (χ2n) is 4.86. The monoisotopic (exact) mass is 367 g/mol. The van der Waals surface area contributed by atoms with Gasteiger partial charge in [0, 0.05) is 5.02 Å². The van der Waals surface area contributed by atoms with Crippen LogP contribution in [0.3, 0.4) is 0 Å². The minimum atomic E-state index is -0.363. The van der Waals surface area contributed by atoms with E-state index in [0.29, 0.717) is 21.5 Å². The van der Waals surface area contributed by atoms with Crippen LogP contribution in [0, 0.1) is 0 Å². The van der Waals surface area contributed by atoms with Crippen LogP contribution in [-0.4, -0.2) is 25.6 Å². The molecule has 2 aromatic carbocycles. The number of amides is 1. The predicted octanol–water partition coefficient (Wildman–Crippen LogP) is 3.73. The molecule has 0 saturated carbocycles. The molecule has 1 N–H and O–H groups in total. The predicted molar refractivity (Wildman–Crippen MR) is 92.7 cm³/mol. The Morgan fingerprint density at radius 1 is 1.08 bits per heavy atom. The van der Waals surface area contributed by atoms with Crippen LogP contribution < -0.4 is 10.1 Å². The Balaban J connectivity index is 1.87. The highest BCUT2D eigenvalue weighted by Crippen LogP contribution is 2.25. The van der Waals surface area contributed by atoms with Crippen LogP contribution in [0.5, 0.6) is 5.75 Å². The quantitative estimate of drug-likeness (QED) is 0.790. The maximum atomic E-state index is 11.9. The number of halogens is 2. The Morgan fingerprint density at radius 2 is 1.79 bits per heavy atom. The van der Waals surface area contributed by atoms with Crippen molar-refractivity contribution in [2.75, 3.05) is 19.0 Å². The lowest BCUT2D eigenvalue weighted by Crippen LogP contribution is -2.20. The van der Waals surface area contributed by atoms with E-state index < -0.39 is 0 Å². The molecule has 0 fully saturated rings. The van der Waals surface area contributed by atoms with Gasteiger partial charge in [0.15, 0.2) is 6.61 Å². The molecule has 2 aromatic rings. The third kappa shape index (κ3) is 5.44. The molecule has 0 aliphatic carbocycles. The lowest BCUT2D eigenvalue weighted by molar-refractivity contribution is -0.139. The Morgan fingerprint density at radius 3 is 2.46 bits per heavy atom. The summed E-state index contributed by atoms with van der Waals surface area (Å²) in [6, 6.07) is 11.6. The smallest absolute Gasteiger partial charge is 0.309 e. The molecule has 0 bridgehead atoms. The van der Waals surface area contributed by atoms with Gasteiger partial charge in [-0.3, -0.25) is 9.59 Å². The molecule has 1 amide bonds. The van der Waals surface area contributed by atoms with Crippen LogP contribution in [0.4, 0.5) is 5.69 Å². The van der Waals surface area contributed by atoms with Crippen LogP contribution in [-0.2, 0) is 20.7 Å². The van der Waals surface area contributed by atoms with Gasteiger partial charge in [-0.05, 0) is 35.9 Å². The topological polar surface area (TPSA) is 64.6 Å². The summed E-state index contributed by atoms with van der Waals surface area (Å²) in [5.74, 6) is -0.171. The summed E-state index contributed by atoms with van der Waals surface area (Å²) in [5, 5.41) is 3.48. The van der Waals surface area contributed by atoms with E-state index in [0.717, 1.165) is 5.56 Å². The van der Waals surface area contributed by atoms with E-state index in [1.54, 1.807) is 42.5 Å². The number of hydrogen-bond donors (Lipinski definition) is 1. The number of methoxy groups -OCH3 is 1. The molecule has 0 radical (unpaired) electrons. The summed E-state index contributed by atoms with van der Waals surface area (Å²) >= 11 is 11.8. The van der Waals surface area contributed by atoms with Crippen molar-refractivity contribution in [3.63, 3.8) is 0 Å². The van der Waals surface area contributed by atoms with Gasteiger partial charge in [-0.25, -0.2) is 0 Å². The average molecular weight is 368 g/mol. The first-order chi connectivity index (χ1) is 11.5. The zero-order valence-corrected chi connectivity index (χ0v) is 14.4. The van der Waals surface area contributed by atoms with E-state index in [4.69, 9.17) is 27.9 Å². The van der Waals surface area contributed by atoms with Crippen LogP contribution in [0.15, 0.2) is 42.5 Å². The van der Waals surface area contributed by atoms with Gasteiger partial charge in [0.2, 0.25) is 0 Å². The van der Waals surface area contributed by atoms with E-state index in [-0.39, 0.29) is 24.9 Å². The van der Waals surface area contributed by atoms with Gasteiger partial charge in [0.25, 0.3) is 5.91 Å². The molecule has 0 heterocycles. The van der Waals surface area contributed by atoms with Gasteiger partial charge < -0.3 is 14.8 Å². The fourth-order valence-corrected chi connectivity index (χ4v) is 2.21. The second kappa shape index (κ2) is 8.57. The molecule has 126 valence electrons. The van der Waals surface area contributed by atoms with Crippen molar-refractivity contribution in [3.8, 4) is 5.75 Å². The van der Waals surface area contributed by atoms with Crippen molar-refractivity contribution in [3.05, 3.63) is 58.1 Å². The van der Waals surface area contributed by atoms with Gasteiger partial charge in [0.1, 0.15) is 5.75 Å². The highest BCUT2D eigenvalue weighted by Gasteiger charge is 2.08. The summed E-state index contributed by atoms with van der Waals surface area (Å²) < 4.78 is 9.99. The molecule has 0 atom stereocenters. The number of nitrogens with one attached hydrogen (secondary N) is 1. The third-order valence-electron chi connectivity index (χ3n) is 3.07. The first kappa shape index (κ1) is 18.1. The Labute approximate surface area is 149 Å². The largest absolute Gasteiger partial charge is 0.484 e. The number of rotatable bonds is 6. The highest BCUT2D eigenvalue weighted by atomic mass is 35.5. The van der Waals surface area contributed by atoms with Crippen LogP contribution >= 0.6 is 23.2 Å². The number of anilines is 1. The van der Waals surface area contributed by atoms with Gasteiger partial charge in [0.05, 0.1) is 24.2 Å². The molecule has 7 heteroatoms. The maximum absolute atomic E-state index is 11.9. The average Bonchev–Trinajstić information content (AvgIpc) is 2.57. The molecule has 0 aliphatic rings. The fourth-order valence-electron chi connectivity index (χ4n) is 1.87. The first-order valence-corrected chi connectivity index (χ1v) is 7.77. The molecule has 2 rings (SSSR count). The minimum absolute atomic E-state index is 0.181. The number of carbonyl (C=O) groups excluding carboxylic acids is 2. The lowest BCUT2D eigenvalue weighted by atomic mass is 10.1. The molecule has 0 aliphatic heterocycles. The van der Waals surface area contributed by atoms with Gasteiger partial charge >= 0.3 is 5.97 Å². The first-order valence-electron chi connectivity index (χ1n) is 7.01. The summed E-state index contributed by atoms with van der Waals surface area (Å²) in [4.78, 5) is 23.1. The Kier molecular flexibility index (Phi) is 6.46. The van der Waals surface area contributed by atoms with E-state index in [1.807, 2.05) is 0 Å². The van der Waals surface area contributed by atoms with Crippen molar-refractivity contribution in [1.82, 2.24) is 0 Å². The normalized spacial score (nSPS) is 10.1. The van der Waals surface area contributed by atoms with Crippen molar-refractivity contribution in [2.45, 2.75) is 6.42 Å². The maximum Gasteiger partial charge on any atom is 0.309 e. The number of benzene rings is 2. The van der Waals surface area contributed by atoms with Crippen LogP contribution in [0.25, 0.3) is 0 Å². The second-order valence-corrected chi connectivity index (χ2v) is 5.70. The van der Waals surface area contributed by atoms with Crippen molar-refractivity contribution >= 4 is 40.8 Å². The summed E-state index contributed by atoms with van der Waals surface area (Å²) in [7, 11) is 1.34. The number of carbonyl (C=O) groups is 2. The number of ether oxygens (including phenoxy) is 2. The SMILES string of the molecule is COC(=O)Cc1ccc(OCC(=O)Nc2cc(Cl)ccc2Cl)cc1. The molecule has 0 spiro atoms. The van der Waals surface area contributed by atoms with E-state index in [2.05, 4.69) is 10.1 Å². The van der Waals surface area contributed by atoms with E-state index >= 15 is 0 Å². The molecule has 0 saturated heterocycles. The Bertz CT molecular complexity index is 732. The van der Waals surface area contributed by atoms with Crippen molar-refractivity contribution < 1.29 is 19.1 Å². The zero-order valence-electron chi connectivity index (χ0n) is 12.8. The molecular formula is C17H15Cl2NO4. The van der Waals surface area contributed by atoms with Crippen molar-refractivity contribution in [1.29, 1.82) is 0 Å². The number of esters is 1. The number of hydrogen-bond acceptors (Lipinski definition) is 4. The van der Waals surface area contributed by atoms with Gasteiger partial charge in [-0.15, -0.1) is 0 Å². The molecule has 5 nitrogen and oxygen atoms in total. The van der Waals surface area contributed by atoms with Crippen molar-refractivity contribution in [2.24, 2.45) is 0 Å². The summed E-state index contributed by atoms with van der Waals surface area (Å²) in [6.07, 6.45) is 0.185. The lowest BCUT2D eigenvalue weighted by Gasteiger charge is -2.09. The van der Waals surface area contributed by atoms with Crippen LogP contribution in [0.1, 0.15) is 5.56 Å². The summed E-state index contributed by atoms with van der Waals surface area (Å²) in [5.41, 5.74) is 1.22. The highest BCUT2D eigenvalue weighted by molar-refractivity contribution is 6.35. The van der Waals surface area contributed by atoms with Gasteiger partial charge in [-0.1, -0.05) is 35.3 Å². The minimum Gasteiger partial charge on any atom is -0.484 e. The molecule has 0 unspecified atom stereocenters. The zero-order chi connectivity index (χ0) is 17.5. The summed E-state index contributed by atoms with van der Waals surface area (Å²) in [6.45, 7) is -0.181. The molecule has 0 aromatic heterocycles. The standard InChI is InChI=1S/C17H15Cl2NO4/c1-23-17(22)8-11-2-5-13(6-3-11)24-10-16(21)20-15-9-12(18)4-7-14(15)19/h2-7,9H,8,10H2,1H3,(H,20,21). The third-order valence-corrected chi connectivity index (χ3v) is 3.64. The van der Waals surface area contributed by atoms with Crippen LogP contribution in [0.2, 0.25) is 10.0 Å². The molecule has 24 heavy (non-hydrogen) atoms. The molecular weight excluding hydrogens is 353 g/mol. The van der Waals surface area contributed by atoms with E-state index in [1.165, 1.54) is 7.11 Å². The van der Waals surface area contributed by atoms with Gasteiger partial charge in [-0.2, -0.15) is 0 Å². The fraction of sp³-hybridized carbons (Fsp3) is 0.176.